The molecule has 0 aliphatic rings. The molecular weight excluding hydrogens is 413 g/mol. The van der Waals surface area contributed by atoms with Crippen LogP contribution in [0.4, 0.5) is 10.1 Å². The number of aryl methyl sites for hydroxylation is 2. The van der Waals surface area contributed by atoms with Crippen molar-refractivity contribution in [2.24, 2.45) is 7.05 Å². The number of nitrogens with zero attached hydrogens (tertiary/aromatic N) is 4. The number of nitrogens with one attached hydrogen (secondary N) is 1. The number of hydrogen-bond acceptors (Lipinski definition) is 6. The lowest BCUT2D eigenvalue weighted by atomic mass is 10.1. The van der Waals surface area contributed by atoms with Gasteiger partial charge in [0.05, 0.1) is 11.9 Å². The van der Waals surface area contributed by atoms with Crippen LogP contribution in [0.1, 0.15) is 17.3 Å². The Hall–Kier alpha value is -4.27. The van der Waals surface area contributed by atoms with Crippen molar-refractivity contribution in [1.29, 1.82) is 0 Å². The number of ether oxygens (including phenoxy) is 1. The van der Waals surface area contributed by atoms with Gasteiger partial charge in [-0.3, -0.25) is 9.48 Å². The summed E-state index contributed by atoms with van der Waals surface area (Å²) in [5.41, 5.74) is 2.95. The zero-order valence-electron chi connectivity index (χ0n) is 17.4. The Labute approximate surface area is 183 Å². The number of halogens is 1. The van der Waals surface area contributed by atoms with Gasteiger partial charge in [0.15, 0.2) is 6.61 Å². The summed E-state index contributed by atoms with van der Waals surface area (Å²) >= 11 is 0. The molecule has 2 aromatic heterocycles. The van der Waals surface area contributed by atoms with Crippen molar-refractivity contribution in [2.45, 2.75) is 13.5 Å². The number of aromatic nitrogens is 4. The molecule has 0 saturated heterocycles. The van der Waals surface area contributed by atoms with Gasteiger partial charge in [-0.2, -0.15) is 5.10 Å². The zero-order chi connectivity index (χ0) is 22.5. The quantitative estimate of drug-likeness (QED) is 0.440. The van der Waals surface area contributed by atoms with Crippen LogP contribution in [-0.2, 0) is 18.4 Å². The van der Waals surface area contributed by atoms with E-state index in [1.165, 1.54) is 18.2 Å². The number of amides is 1. The van der Waals surface area contributed by atoms with Crippen molar-refractivity contribution in [3.63, 3.8) is 0 Å². The van der Waals surface area contributed by atoms with E-state index in [9.17, 15) is 9.18 Å². The molecule has 1 N–H and O–H groups in total. The summed E-state index contributed by atoms with van der Waals surface area (Å²) in [6.07, 6.45) is 4.75. The normalized spacial score (nSPS) is 11.1. The van der Waals surface area contributed by atoms with Gasteiger partial charge in [0, 0.05) is 36.9 Å². The number of rotatable bonds is 7. The highest BCUT2D eigenvalue weighted by Gasteiger charge is 2.10. The van der Waals surface area contributed by atoms with Gasteiger partial charge in [-0.1, -0.05) is 0 Å². The Morgan fingerprint density at radius 2 is 1.91 bits per heavy atom. The smallest absolute Gasteiger partial charge is 0.253 e. The van der Waals surface area contributed by atoms with E-state index in [1.807, 2.05) is 0 Å². The van der Waals surface area contributed by atoms with E-state index < -0.39 is 0 Å². The number of carbonyl (C=O) groups excluding carboxylic acids is 1. The number of hydrogen-bond donors (Lipinski definition) is 1. The monoisotopic (exact) mass is 433 g/mol. The second-order valence-electron chi connectivity index (χ2n) is 6.93. The van der Waals surface area contributed by atoms with Crippen LogP contribution in [0.15, 0.2) is 65.2 Å². The third-order valence-corrected chi connectivity index (χ3v) is 4.55. The van der Waals surface area contributed by atoms with Gasteiger partial charge in [0.25, 0.3) is 5.89 Å². The van der Waals surface area contributed by atoms with Gasteiger partial charge in [0.1, 0.15) is 11.6 Å². The first-order valence-electron chi connectivity index (χ1n) is 9.77. The minimum Gasteiger partial charge on any atom is -0.484 e. The van der Waals surface area contributed by atoms with Crippen molar-refractivity contribution < 1.29 is 18.3 Å². The van der Waals surface area contributed by atoms with Gasteiger partial charge in [-0.15, -0.1) is 10.2 Å². The molecule has 4 aromatic rings. The summed E-state index contributed by atoms with van der Waals surface area (Å²) in [5, 5.41) is 14.6. The first kappa shape index (κ1) is 21.0. The molecule has 0 atom stereocenters. The third kappa shape index (κ3) is 5.07. The van der Waals surface area contributed by atoms with Crippen molar-refractivity contribution in [3.8, 4) is 17.0 Å². The molecule has 32 heavy (non-hydrogen) atoms. The Morgan fingerprint density at radius 3 is 2.59 bits per heavy atom. The number of benzene rings is 2. The first-order valence-corrected chi connectivity index (χ1v) is 9.77. The SMILES string of the molecule is Cc1nnc(COc2ccc(NC(=O)C=Cc3cnn(C)c3-c3ccc(F)cc3)cc2)o1. The molecule has 0 aliphatic heterocycles. The van der Waals surface area contributed by atoms with E-state index >= 15 is 0 Å². The lowest BCUT2D eigenvalue weighted by Crippen LogP contribution is -2.07. The summed E-state index contributed by atoms with van der Waals surface area (Å²) in [5.74, 6) is 0.863. The largest absolute Gasteiger partial charge is 0.484 e. The van der Waals surface area contributed by atoms with Gasteiger partial charge < -0.3 is 14.5 Å². The summed E-state index contributed by atoms with van der Waals surface area (Å²) < 4.78 is 25.7. The van der Waals surface area contributed by atoms with E-state index in [1.54, 1.807) is 67.3 Å². The minimum atomic E-state index is -0.312. The molecular formula is C23H20FN5O3. The summed E-state index contributed by atoms with van der Waals surface area (Å²) in [7, 11) is 1.79. The van der Waals surface area contributed by atoms with Gasteiger partial charge in [-0.05, 0) is 54.6 Å². The molecule has 2 heterocycles. The maximum absolute atomic E-state index is 13.2. The van der Waals surface area contributed by atoms with Gasteiger partial charge >= 0.3 is 0 Å². The molecule has 9 heteroatoms. The Morgan fingerprint density at radius 1 is 1.16 bits per heavy atom. The molecule has 4 rings (SSSR count). The second-order valence-corrected chi connectivity index (χ2v) is 6.93. The highest BCUT2D eigenvalue weighted by Crippen LogP contribution is 2.24. The topological polar surface area (TPSA) is 95.1 Å². The zero-order valence-corrected chi connectivity index (χ0v) is 17.4. The molecule has 0 saturated carbocycles. The first-order chi connectivity index (χ1) is 15.5. The van der Waals surface area contributed by atoms with Crippen LogP contribution in [0.5, 0.6) is 5.75 Å². The Bertz CT molecular complexity index is 1240. The molecule has 162 valence electrons. The average molecular weight is 433 g/mol. The van der Waals surface area contributed by atoms with Crippen LogP contribution < -0.4 is 10.1 Å². The molecule has 2 aromatic carbocycles. The second kappa shape index (κ2) is 9.25. The highest BCUT2D eigenvalue weighted by molar-refractivity contribution is 6.02. The van der Waals surface area contributed by atoms with Gasteiger partial charge in [-0.25, -0.2) is 4.39 Å². The molecule has 0 fully saturated rings. The fourth-order valence-corrected chi connectivity index (χ4v) is 3.06. The van der Waals surface area contributed by atoms with E-state index in [0.717, 1.165) is 16.8 Å². The Balaban J connectivity index is 1.37. The lowest BCUT2D eigenvalue weighted by molar-refractivity contribution is -0.111. The van der Waals surface area contributed by atoms with Crippen molar-refractivity contribution >= 4 is 17.7 Å². The van der Waals surface area contributed by atoms with Gasteiger partial charge in [0.2, 0.25) is 11.8 Å². The Kier molecular flexibility index (Phi) is 6.07. The van der Waals surface area contributed by atoms with Crippen LogP contribution in [0.3, 0.4) is 0 Å². The van der Waals surface area contributed by atoms with Crippen molar-refractivity contribution in [1.82, 2.24) is 20.0 Å². The molecule has 0 unspecified atom stereocenters. The predicted molar refractivity (Wildman–Crippen MR) is 116 cm³/mol. The van der Waals surface area contributed by atoms with E-state index in [4.69, 9.17) is 9.15 Å². The predicted octanol–water partition coefficient (Wildman–Crippen LogP) is 4.15. The van der Waals surface area contributed by atoms with E-state index in [2.05, 4.69) is 20.6 Å². The molecule has 0 bridgehead atoms. The van der Waals surface area contributed by atoms with Crippen molar-refractivity contribution in [3.05, 3.63) is 84.0 Å². The summed E-state index contributed by atoms with van der Waals surface area (Å²) in [6, 6.07) is 13.0. The molecule has 1 amide bonds. The number of carbonyl (C=O) groups is 1. The van der Waals surface area contributed by atoms with Crippen LogP contribution >= 0.6 is 0 Å². The van der Waals surface area contributed by atoms with E-state index in [-0.39, 0.29) is 18.3 Å². The van der Waals surface area contributed by atoms with Crippen LogP contribution in [-0.4, -0.2) is 25.9 Å². The van der Waals surface area contributed by atoms with Crippen LogP contribution in [0.2, 0.25) is 0 Å². The maximum atomic E-state index is 13.2. The van der Waals surface area contributed by atoms with Crippen LogP contribution in [0, 0.1) is 12.7 Å². The summed E-state index contributed by atoms with van der Waals surface area (Å²) in [6.45, 7) is 1.87. The average Bonchev–Trinajstić information content (AvgIpc) is 3.37. The fraction of sp³-hybridized carbons (Fsp3) is 0.130. The maximum Gasteiger partial charge on any atom is 0.253 e. The molecule has 0 radical (unpaired) electrons. The standard InChI is InChI=1S/C23H20FN5O3/c1-15-27-28-22(32-15)14-31-20-10-8-19(9-11-20)26-21(30)12-5-17-13-25-29(2)23(17)16-3-6-18(24)7-4-16/h3-13H,14H2,1-2H3,(H,26,30). The highest BCUT2D eigenvalue weighted by atomic mass is 19.1. The lowest BCUT2D eigenvalue weighted by Gasteiger charge is -2.06. The summed E-state index contributed by atoms with van der Waals surface area (Å²) in [4.78, 5) is 12.3. The van der Waals surface area contributed by atoms with Crippen LogP contribution in [0.25, 0.3) is 17.3 Å². The molecule has 8 nitrogen and oxygen atoms in total. The third-order valence-electron chi connectivity index (χ3n) is 4.55. The minimum absolute atomic E-state index is 0.163. The van der Waals surface area contributed by atoms with Crippen molar-refractivity contribution in [2.75, 3.05) is 5.32 Å². The van der Waals surface area contributed by atoms with E-state index in [0.29, 0.717) is 23.2 Å². The molecule has 0 spiro atoms. The number of anilines is 1. The molecule has 0 aliphatic carbocycles. The fourth-order valence-electron chi connectivity index (χ4n) is 3.06.